The molecular formula is C21H14F3N5O. The average Bonchev–Trinajstić information content (AvgIpc) is 3.18. The van der Waals surface area contributed by atoms with Crippen LogP contribution < -0.4 is 5.32 Å². The third kappa shape index (κ3) is 4.04. The number of benzene rings is 2. The van der Waals surface area contributed by atoms with E-state index in [1.54, 1.807) is 24.5 Å². The van der Waals surface area contributed by atoms with Gasteiger partial charge in [0.25, 0.3) is 5.91 Å². The third-order valence-corrected chi connectivity index (χ3v) is 4.29. The van der Waals surface area contributed by atoms with Crippen molar-refractivity contribution in [2.24, 2.45) is 0 Å². The first kappa shape index (κ1) is 19.3. The van der Waals surface area contributed by atoms with Crippen LogP contribution in [0, 0.1) is 17.5 Å². The molecule has 9 heteroatoms. The average molecular weight is 409 g/mol. The van der Waals surface area contributed by atoms with Crippen LogP contribution in [0.1, 0.15) is 16.1 Å². The Kier molecular flexibility index (Phi) is 5.25. The molecule has 30 heavy (non-hydrogen) atoms. The summed E-state index contributed by atoms with van der Waals surface area (Å²) >= 11 is 0. The second-order valence-electron chi connectivity index (χ2n) is 6.37. The van der Waals surface area contributed by atoms with Crippen LogP contribution >= 0.6 is 0 Å². The topological polar surface area (TPSA) is 72.7 Å². The summed E-state index contributed by atoms with van der Waals surface area (Å²) in [5, 5.41) is 10.6. The Bertz CT molecular complexity index is 1170. The van der Waals surface area contributed by atoms with Crippen LogP contribution in [0.15, 0.2) is 67.0 Å². The van der Waals surface area contributed by atoms with Gasteiger partial charge in [-0.1, -0.05) is 5.21 Å². The molecule has 0 bridgehead atoms. The van der Waals surface area contributed by atoms with Crippen molar-refractivity contribution >= 4 is 5.91 Å². The normalized spacial score (nSPS) is 10.8. The lowest BCUT2D eigenvalue weighted by molar-refractivity contribution is 0.0946. The summed E-state index contributed by atoms with van der Waals surface area (Å²) in [5.41, 5.74) is 1.75. The summed E-state index contributed by atoms with van der Waals surface area (Å²) in [4.78, 5) is 16.8. The fraction of sp³-hybridized carbons (Fsp3) is 0.0476. The van der Waals surface area contributed by atoms with Gasteiger partial charge in [-0.2, -0.15) is 0 Å². The maximum atomic E-state index is 13.4. The van der Waals surface area contributed by atoms with E-state index in [1.165, 1.54) is 28.9 Å². The first-order chi connectivity index (χ1) is 14.5. The van der Waals surface area contributed by atoms with Gasteiger partial charge >= 0.3 is 0 Å². The number of hydrogen-bond acceptors (Lipinski definition) is 4. The maximum absolute atomic E-state index is 13.4. The summed E-state index contributed by atoms with van der Waals surface area (Å²) in [5.74, 6) is -2.47. The minimum Gasteiger partial charge on any atom is -0.346 e. The van der Waals surface area contributed by atoms with Crippen LogP contribution in [0.2, 0.25) is 0 Å². The van der Waals surface area contributed by atoms with Crippen LogP contribution in [0.4, 0.5) is 13.2 Å². The second kappa shape index (κ2) is 8.16. The van der Waals surface area contributed by atoms with Gasteiger partial charge in [-0.05, 0) is 54.1 Å². The molecule has 4 rings (SSSR count). The summed E-state index contributed by atoms with van der Waals surface area (Å²) in [7, 11) is 0. The Hall–Kier alpha value is -4.01. The quantitative estimate of drug-likeness (QED) is 0.546. The first-order valence-electron chi connectivity index (χ1n) is 8.86. The molecule has 4 aromatic rings. The summed E-state index contributed by atoms with van der Waals surface area (Å²) in [6.07, 6.45) is 3.10. The van der Waals surface area contributed by atoms with E-state index in [1.807, 2.05) is 0 Å². The van der Waals surface area contributed by atoms with Crippen LogP contribution in [-0.2, 0) is 6.54 Å². The number of amides is 1. The molecule has 0 aliphatic rings. The molecular weight excluding hydrogens is 395 g/mol. The molecule has 2 heterocycles. The number of nitrogens with one attached hydrogen (secondary N) is 1. The SMILES string of the molecule is O=C(NCc1cc(F)cc(F)c1)c1nnn(-c2ccc(F)cc2)c1-c1ccncc1. The Morgan fingerprint density at radius 1 is 0.900 bits per heavy atom. The van der Waals surface area contributed by atoms with Crippen LogP contribution in [0.3, 0.4) is 0 Å². The first-order valence-corrected chi connectivity index (χ1v) is 8.86. The molecule has 0 aliphatic heterocycles. The number of rotatable bonds is 5. The number of nitrogens with zero attached hydrogens (tertiary/aromatic N) is 4. The van der Waals surface area contributed by atoms with Crippen molar-refractivity contribution in [2.45, 2.75) is 6.54 Å². The zero-order valence-corrected chi connectivity index (χ0v) is 15.4. The van der Waals surface area contributed by atoms with Crippen molar-refractivity contribution in [3.63, 3.8) is 0 Å². The van der Waals surface area contributed by atoms with Crippen LogP contribution in [0.5, 0.6) is 0 Å². The van der Waals surface area contributed by atoms with Gasteiger partial charge in [0.15, 0.2) is 5.69 Å². The van der Waals surface area contributed by atoms with Gasteiger partial charge in [-0.25, -0.2) is 17.9 Å². The number of carbonyl (C=O) groups excluding carboxylic acids is 1. The molecule has 1 N–H and O–H groups in total. The van der Waals surface area contributed by atoms with E-state index in [4.69, 9.17) is 0 Å². The minimum absolute atomic E-state index is 0.00222. The predicted molar refractivity (Wildman–Crippen MR) is 102 cm³/mol. The molecule has 0 radical (unpaired) electrons. The minimum atomic E-state index is -0.737. The molecule has 0 aliphatic carbocycles. The monoisotopic (exact) mass is 409 g/mol. The van der Waals surface area contributed by atoms with Crippen molar-refractivity contribution in [1.29, 1.82) is 0 Å². The highest BCUT2D eigenvalue weighted by Crippen LogP contribution is 2.25. The Morgan fingerprint density at radius 2 is 1.57 bits per heavy atom. The van der Waals surface area contributed by atoms with Crippen molar-refractivity contribution < 1.29 is 18.0 Å². The van der Waals surface area contributed by atoms with Crippen molar-refractivity contribution in [3.05, 3.63) is 95.7 Å². The molecule has 2 aromatic carbocycles. The van der Waals surface area contributed by atoms with Crippen molar-refractivity contribution in [3.8, 4) is 16.9 Å². The number of hydrogen-bond donors (Lipinski definition) is 1. The predicted octanol–water partition coefficient (Wildman–Crippen LogP) is 3.68. The van der Waals surface area contributed by atoms with Gasteiger partial charge in [0, 0.05) is 30.6 Å². The summed E-state index contributed by atoms with van der Waals surface area (Å²) < 4.78 is 41.5. The number of carbonyl (C=O) groups is 1. The fourth-order valence-corrected chi connectivity index (χ4v) is 2.95. The zero-order chi connectivity index (χ0) is 21.1. The highest BCUT2D eigenvalue weighted by Gasteiger charge is 2.22. The van der Waals surface area contributed by atoms with E-state index >= 15 is 0 Å². The highest BCUT2D eigenvalue weighted by molar-refractivity contribution is 5.98. The molecule has 0 saturated heterocycles. The Balaban J connectivity index is 1.68. The molecule has 0 spiro atoms. The molecule has 1 amide bonds. The van der Waals surface area contributed by atoms with E-state index in [0.717, 1.165) is 18.2 Å². The van der Waals surface area contributed by atoms with E-state index in [2.05, 4.69) is 20.6 Å². The van der Waals surface area contributed by atoms with E-state index < -0.39 is 23.4 Å². The van der Waals surface area contributed by atoms with E-state index in [0.29, 0.717) is 16.9 Å². The van der Waals surface area contributed by atoms with Gasteiger partial charge in [0.2, 0.25) is 0 Å². The van der Waals surface area contributed by atoms with Crippen LogP contribution in [-0.4, -0.2) is 25.9 Å². The zero-order valence-electron chi connectivity index (χ0n) is 15.4. The van der Waals surface area contributed by atoms with Crippen molar-refractivity contribution in [2.75, 3.05) is 0 Å². The third-order valence-electron chi connectivity index (χ3n) is 4.29. The lowest BCUT2D eigenvalue weighted by Crippen LogP contribution is -2.24. The Morgan fingerprint density at radius 3 is 2.23 bits per heavy atom. The fourth-order valence-electron chi connectivity index (χ4n) is 2.95. The van der Waals surface area contributed by atoms with Gasteiger partial charge < -0.3 is 5.32 Å². The molecule has 0 unspecified atom stereocenters. The molecule has 6 nitrogen and oxygen atoms in total. The smallest absolute Gasteiger partial charge is 0.274 e. The van der Waals surface area contributed by atoms with E-state index in [9.17, 15) is 18.0 Å². The number of pyridine rings is 1. The number of halogens is 3. The molecule has 150 valence electrons. The molecule has 2 aromatic heterocycles. The lowest BCUT2D eigenvalue weighted by Gasteiger charge is -2.09. The highest BCUT2D eigenvalue weighted by atomic mass is 19.1. The molecule has 0 saturated carbocycles. The van der Waals surface area contributed by atoms with E-state index in [-0.39, 0.29) is 17.8 Å². The summed E-state index contributed by atoms with van der Waals surface area (Å²) in [6.45, 7) is -0.104. The maximum Gasteiger partial charge on any atom is 0.274 e. The van der Waals surface area contributed by atoms with Crippen LogP contribution in [0.25, 0.3) is 16.9 Å². The Labute approximate surface area is 169 Å². The summed E-state index contributed by atoms with van der Waals surface area (Å²) in [6, 6.07) is 11.9. The van der Waals surface area contributed by atoms with Gasteiger partial charge in [-0.3, -0.25) is 9.78 Å². The lowest BCUT2D eigenvalue weighted by atomic mass is 10.1. The van der Waals surface area contributed by atoms with Crippen molar-refractivity contribution in [1.82, 2.24) is 25.3 Å². The molecule has 0 fully saturated rings. The van der Waals surface area contributed by atoms with Gasteiger partial charge in [0.05, 0.1) is 5.69 Å². The second-order valence-corrected chi connectivity index (χ2v) is 6.37. The largest absolute Gasteiger partial charge is 0.346 e. The molecule has 0 atom stereocenters. The standard InChI is InChI=1S/C21H14F3N5O/c22-15-1-3-18(4-2-15)29-20(14-5-7-25-8-6-14)19(27-28-29)21(30)26-12-13-9-16(23)11-17(24)10-13/h1-11H,12H2,(H,26,30). The van der Waals surface area contributed by atoms with Gasteiger partial charge in [0.1, 0.15) is 23.1 Å². The van der Waals surface area contributed by atoms with Gasteiger partial charge in [-0.15, -0.1) is 5.10 Å². The number of aromatic nitrogens is 4.